The minimum atomic E-state index is 0.473. The largest absolute Gasteiger partial charge is 0.351 e. The highest BCUT2D eigenvalue weighted by Crippen LogP contribution is 2.16. The van der Waals surface area contributed by atoms with Gasteiger partial charge >= 0.3 is 0 Å². The van der Waals surface area contributed by atoms with Gasteiger partial charge in [-0.3, -0.25) is 0 Å². The number of aryl methyl sites for hydroxylation is 1. The summed E-state index contributed by atoms with van der Waals surface area (Å²) in [5.41, 5.74) is 2.28. The van der Waals surface area contributed by atoms with Gasteiger partial charge in [0.25, 0.3) is 0 Å². The Bertz CT molecular complexity index is 474. The number of aromatic nitrogens is 1. The van der Waals surface area contributed by atoms with Crippen LogP contribution in [0.5, 0.6) is 0 Å². The van der Waals surface area contributed by atoms with Gasteiger partial charge in [-0.05, 0) is 17.5 Å². The molecule has 1 heterocycles. The molecule has 0 aliphatic carbocycles. The quantitative estimate of drug-likeness (QED) is 0.582. The van der Waals surface area contributed by atoms with Crippen LogP contribution in [-0.4, -0.2) is 4.57 Å². The Hall–Kier alpha value is -1.75. The molecule has 2 aromatic rings. The fraction of sp³-hybridized carbons (Fsp3) is 0.182. The lowest BCUT2D eigenvalue weighted by Crippen LogP contribution is -1.85. The van der Waals surface area contributed by atoms with Gasteiger partial charge in [0.15, 0.2) is 0 Å². The van der Waals surface area contributed by atoms with Crippen LogP contribution in [0.3, 0.4) is 0 Å². The van der Waals surface area contributed by atoms with E-state index in [0.29, 0.717) is 6.54 Å². The normalized spacial score (nSPS) is 10.2. The van der Waals surface area contributed by atoms with Crippen LogP contribution in [0.1, 0.15) is 5.56 Å². The molecule has 13 heavy (non-hydrogen) atoms. The predicted molar refractivity (Wildman–Crippen MR) is 53.2 cm³/mol. The van der Waals surface area contributed by atoms with Crippen molar-refractivity contribution in [2.24, 2.45) is 7.05 Å². The molecule has 1 aromatic heterocycles. The Morgan fingerprint density at radius 3 is 3.00 bits per heavy atom. The van der Waals surface area contributed by atoms with Crippen LogP contribution in [0.15, 0.2) is 30.5 Å². The minimum Gasteiger partial charge on any atom is -0.351 e. The summed E-state index contributed by atoms with van der Waals surface area (Å²) in [6, 6.07) is 8.24. The number of hydrogen-bond acceptors (Lipinski definition) is 0. The number of nitrogens with zero attached hydrogens (tertiary/aromatic N) is 2. The summed E-state index contributed by atoms with van der Waals surface area (Å²) in [7, 11) is 2.02. The second-order valence-corrected chi connectivity index (χ2v) is 3.14. The molecule has 0 saturated carbocycles. The van der Waals surface area contributed by atoms with Gasteiger partial charge in [0.2, 0.25) is 6.54 Å². The average molecular weight is 170 g/mol. The van der Waals surface area contributed by atoms with Crippen molar-refractivity contribution < 1.29 is 0 Å². The maximum atomic E-state index is 6.78. The molecule has 0 atom stereocenters. The Morgan fingerprint density at radius 1 is 1.38 bits per heavy atom. The van der Waals surface area contributed by atoms with Gasteiger partial charge in [-0.15, -0.1) is 0 Å². The fourth-order valence-electron chi connectivity index (χ4n) is 1.50. The molecule has 1 aromatic carbocycles. The first-order valence-corrected chi connectivity index (χ1v) is 4.18. The SMILES string of the molecule is [C-]#[N+]Cc1ccc2ccn(C)c2c1. The van der Waals surface area contributed by atoms with E-state index in [-0.39, 0.29) is 0 Å². The van der Waals surface area contributed by atoms with E-state index in [1.807, 2.05) is 19.3 Å². The first-order valence-electron chi connectivity index (χ1n) is 4.18. The van der Waals surface area contributed by atoms with Crippen LogP contribution in [-0.2, 0) is 13.6 Å². The second kappa shape index (κ2) is 2.95. The van der Waals surface area contributed by atoms with Gasteiger partial charge < -0.3 is 9.41 Å². The molecule has 0 N–H and O–H groups in total. The highest BCUT2D eigenvalue weighted by molar-refractivity contribution is 5.80. The first-order chi connectivity index (χ1) is 6.31. The number of benzene rings is 1. The zero-order valence-corrected chi connectivity index (χ0v) is 7.49. The molecular formula is C11H10N2. The third-order valence-corrected chi connectivity index (χ3v) is 2.21. The van der Waals surface area contributed by atoms with Gasteiger partial charge in [-0.25, -0.2) is 6.57 Å². The van der Waals surface area contributed by atoms with E-state index in [2.05, 4.69) is 27.6 Å². The number of fused-ring (bicyclic) bond motifs is 1. The molecule has 0 fully saturated rings. The third kappa shape index (κ3) is 1.29. The Balaban J connectivity index is 2.60. The molecular weight excluding hydrogens is 160 g/mol. The van der Waals surface area contributed by atoms with Crippen LogP contribution in [0.2, 0.25) is 0 Å². The van der Waals surface area contributed by atoms with Crippen molar-refractivity contribution in [2.45, 2.75) is 6.54 Å². The van der Waals surface area contributed by atoms with E-state index in [0.717, 1.165) is 5.56 Å². The van der Waals surface area contributed by atoms with E-state index >= 15 is 0 Å². The van der Waals surface area contributed by atoms with E-state index in [1.54, 1.807) is 0 Å². The molecule has 0 bridgehead atoms. The topological polar surface area (TPSA) is 9.29 Å². The van der Waals surface area contributed by atoms with Gasteiger partial charge in [0, 0.05) is 24.3 Å². The smallest absolute Gasteiger partial charge is 0.239 e. The molecule has 0 spiro atoms. The van der Waals surface area contributed by atoms with E-state index in [1.165, 1.54) is 10.9 Å². The van der Waals surface area contributed by atoms with Gasteiger partial charge in [0.05, 0.1) is 0 Å². The van der Waals surface area contributed by atoms with Crippen LogP contribution < -0.4 is 0 Å². The summed E-state index contributed by atoms with van der Waals surface area (Å²) in [6.07, 6.45) is 2.03. The molecule has 0 saturated heterocycles. The predicted octanol–water partition coefficient (Wildman–Crippen LogP) is 2.60. The zero-order chi connectivity index (χ0) is 9.26. The van der Waals surface area contributed by atoms with Gasteiger partial charge in [0.1, 0.15) is 0 Å². The summed E-state index contributed by atoms with van der Waals surface area (Å²) in [6.45, 7) is 7.26. The maximum Gasteiger partial charge on any atom is 0.239 e. The monoisotopic (exact) mass is 170 g/mol. The number of rotatable bonds is 1. The lowest BCUT2D eigenvalue weighted by molar-refractivity contribution is 0.967. The highest BCUT2D eigenvalue weighted by atomic mass is 14.9. The first kappa shape index (κ1) is 7.88. The lowest BCUT2D eigenvalue weighted by atomic mass is 10.2. The van der Waals surface area contributed by atoms with Crippen molar-refractivity contribution in [1.29, 1.82) is 0 Å². The molecule has 2 rings (SSSR count). The lowest BCUT2D eigenvalue weighted by Gasteiger charge is -1.97. The van der Waals surface area contributed by atoms with Crippen LogP contribution in [0, 0.1) is 6.57 Å². The summed E-state index contributed by atoms with van der Waals surface area (Å²) < 4.78 is 2.07. The molecule has 0 amide bonds. The summed E-state index contributed by atoms with van der Waals surface area (Å²) in [4.78, 5) is 3.37. The van der Waals surface area contributed by atoms with Crippen LogP contribution >= 0.6 is 0 Å². The van der Waals surface area contributed by atoms with Gasteiger partial charge in [-0.1, -0.05) is 12.1 Å². The Labute approximate surface area is 77.2 Å². The highest BCUT2D eigenvalue weighted by Gasteiger charge is 2.00. The van der Waals surface area contributed by atoms with Gasteiger partial charge in [-0.2, -0.15) is 0 Å². The molecule has 2 heteroatoms. The standard InChI is InChI=1S/C11H10N2/c1-12-8-9-3-4-10-5-6-13(2)11(10)7-9/h3-7H,8H2,2H3. The van der Waals surface area contributed by atoms with Crippen molar-refractivity contribution in [3.63, 3.8) is 0 Å². The van der Waals surface area contributed by atoms with Crippen molar-refractivity contribution in [3.05, 3.63) is 47.4 Å². The Kier molecular flexibility index (Phi) is 1.79. The maximum absolute atomic E-state index is 6.78. The molecule has 2 nitrogen and oxygen atoms in total. The Morgan fingerprint density at radius 2 is 2.23 bits per heavy atom. The molecule has 0 aliphatic heterocycles. The van der Waals surface area contributed by atoms with Crippen molar-refractivity contribution in [3.8, 4) is 0 Å². The molecule has 64 valence electrons. The third-order valence-electron chi connectivity index (χ3n) is 2.21. The van der Waals surface area contributed by atoms with E-state index in [9.17, 15) is 0 Å². The van der Waals surface area contributed by atoms with E-state index in [4.69, 9.17) is 6.57 Å². The number of hydrogen-bond donors (Lipinski definition) is 0. The van der Waals surface area contributed by atoms with Crippen LogP contribution in [0.4, 0.5) is 0 Å². The molecule has 0 aliphatic rings. The van der Waals surface area contributed by atoms with Crippen LogP contribution in [0.25, 0.3) is 15.7 Å². The fourth-order valence-corrected chi connectivity index (χ4v) is 1.50. The molecule has 0 radical (unpaired) electrons. The summed E-state index contributed by atoms with van der Waals surface area (Å²) in [5.74, 6) is 0. The zero-order valence-electron chi connectivity index (χ0n) is 7.49. The second-order valence-electron chi connectivity index (χ2n) is 3.14. The molecule has 0 unspecified atom stereocenters. The summed E-state index contributed by atoms with van der Waals surface area (Å²) in [5, 5.41) is 1.23. The minimum absolute atomic E-state index is 0.473. The van der Waals surface area contributed by atoms with Crippen molar-refractivity contribution >= 4 is 10.9 Å². The van der Waals surface area contributed by atoms with E-state index < -0.39 is 0 Å². The summed E-state index contributed by atoms with van der Waals surface area (Å²) >= 11 is 0. The van der Waals surface area contributed by atoms with Crippen molar-refractivity contribution in [2.75, 3.05) is 0 Å². The van der Waals surface area contributed by atoms with Crippen molar-refractivity contribution in [1.82, 2.24) is 4.57 Å². The average Bonchev–Trinajstić information content (AvgIpc) is 2.49.